The molecule has 0 spiro atoms. The fraction of sp³-hybridized carbons (Fsp3) is 0.800. The molecule has 2 atom stereocenters. The molecule has 2 aliphatic carbocycles. The van der Waals surface area contributed by atoms with Crippen LogP contribution < -0.4 is 0 Å². The SMILES string of the molecule is O=C1C(O)=C(C2CCCCC2)OC2CCCCC12. The molecule has 2 fully saturated rings. The zero-order chi connectivity index (χ0) is 12.5. The number of rotatable bonds is 1. The lowest BCUT2D eigenvalue weighted by molar-refractivity contribution is -0.133. The second-order valence-corrected chi connectivity index (χ2v) is 5.96. The molecule has 3 nitrogen and oxygen atoms in total. The summed E-state index contributed by atoms with van der Waals surface area (Å²) in [5, 5.41) is 10.1. The van der Waals surface area contributed by atoms with Crippen LogP contribution in [0.15, 0.2) is 11.5 Å². The van der Waals surface area contributed by atoms with Gasteiger partial charge in [0.1, 0.15) is 11.9 Å². The molecule has 3 aliphatic rings. The summed E-state index contributed by atoms with van der Waals surface area (Å²) in [7, 11) is 0. The Bertz CT molecular complexity index is 366. The van der Waals surface area contributed by atoms with Gasteiger partial charge in [0.05, 0.1) is 5.92 Å². The van der Waals surface area contributed by atoms with E-state index in [-0.39, 0.29) is 29.5 Å². The third-order valence-electron chi connectivity index (χ3n) is 4.76. The molecule has 2 unspecified atom stereocenters. The molecule has 0 saturated heterocycles. The van der Waals surface area contributed by atoms with Crippen molar-refractivity contribution in [1.82, 2.24) is 0 Å². The summed E-state index contributed by atoms with van der Waals surface area (Å²) in [6.07, 6.45) is 9.89. The van der Waals surface area contributed by atoms with Crippen molar-refractivity contribution in [1.29, 1.82) is 0 Å². The summed E-state index contributed by atoms with van der Waals surface area (Å²) in [5.74, 6) is 0.732. The minimum absolute atomic E-state index is 0.0408. The molecule has 0 aromatic rings. The van der Waals surface area contributed by atoms with Crippen molar-refractivity contribution in [3.63, 3.8) is 0 Å². The van der Waals surface area contributed by atoms with E-state index in [4.69, 9.17) is 4.74 Å². The van der Waals surface area contributed by atoms with Gasteiger partial charge in [0.2, 0.25) is 5.78 Å². The van der Waals surface area contributed by atoms with Gasteiger partial charge in [-0.1, -0.05) is 25.7 Å². The second kappa shape index (κ2) is 4.94. The smallest absolute Gasteiger partial charge is 0.207 e. The van der Waals surface area contributed by atoms with E-state index in [2.05, 4.69) is 0 Å². The van der Waals surface area contributed by atoms with Crippen molar-refractivity contribution in [2.75, 3.05) is 0 Å². The maximum absolute atomic E-state index is 12.2. The van der Waals surface area contributed by atoms with Crippen LogP contribution in [0, 0.1) is 11.8 Å². The Hall–Kier alpha value is -0.990. The number of aliphatic hydroxyl groups is 1. The normalized spacial score (nSPS) is 34.1. The van der Waals surface area contributed by atoms with Gasteiger partial charge in [-0.25, -0.2) is 0 Å². The van der Waals surface area contributed by atoms with Crippen LogP contribution in [0.5, 0.6) is 0 Å². The number of fused-ring (bicyclic) bond motifs is 1. The van der Waals surface area contributed by atoms with Gasteiger partial charge in [0.15, 0.2) is 5.76 Å². The van der Waals surface area contributed by atoms with E-state index in [9.17, 15) is 9.90 Å². The summed E-state index contributed by atoms with van der Waals surface area (Å²) >= 11 is 0. The molecule has 0 amide bonds. The van der Waals surface area contributed by atoms with E-state index in [1.54, 1.807) is 0 Å². The standard InChI is InChI=1S/C15H22O3/c16-13-11-8-4-5-9-12(11)18-15(14(13)17)10-6-2-1-3-7-10/h10-12,17H,1-9H2. The van der Waals surface area contributed by atoms with Crippen LogP contribution in [0.25, 0.3) is 0 Å². The lowest BCUT2D eigenvalue weighted by Crippen LogP contribution is -2.40. The van der Waals surface area contributed by atoms with Crippen LogP contribution in [0.4, 0.5) is 0 Å². The van der Waals surface area contributed by atoms with Crippen molar-refractivity contribution in [2.45, 2.75) is 63.9 Å². The maximum atomic E-state index is 12.2. The molecule has 3 heteroatoms. The van der Waals surface area contributed by atoms with Crippen LogP contribution in [-0.4, -0.2) is 17.0 Å². The van der Waals surface area contributed by atoms with Crippen LogP contribution >= 0.6 is 0 Å². The van der Waals surface area contributed by atoms with E-state index in [0.717, 1.165) is 38.5 Å². The average molecular weight is 250 g/mol. The highest BCUT2D eigenvalue weighted by molar-refractivity contribution is 5.96. The Morgan fingerprint density at radius 1 is 0.944 bits per heavy atom. The number of Topliss-reactive ketones (excluding diaryl/α,β-unsaturated/α-hetero) is 1. The third kappa shape index (κ3) is 2.04. The molecule has 100 valence electrons. The molecule has 0 radical (unpaired) electrons. The molecule has 0 aromatic heterocycles. The number of ketones is 1. The van der Waals surface area contributed by atoms with Crippen molar-refractivity contribution in [2.24, 2.45) is 11.8 Å². The van der Waals surface area contributed by atoms with Gasteiger partial charge in [-0.3, -0.25) is 4.79 Å². The monoisotopic (exact) mass is 250 g/mol. The number of hydrogen-bond donors (Lipinski definition) is 1. The topological polar surface area (TPSA) is 46.5 Å². The van der Waals surface area contributed by atoms with Gasteiger partial charge in [-0.2, -0.15) is 0 Å². The molecule has 1 N–H and O–H groups in total. The Morgan fingerprint density at radius 2 is 1.61 bits per heavy atom. The molecule has 18 heavy (non-hydrogen) atoms. The minimum Gasteiger partial charge on any atom is -0.502 e. The lowest BCUT2D eigenvalue weighted by Gasteiger charge is -2.38. The highest BCUT2D eigenvalue weighted by atomic mass is 16.5. The van der Waals surface area contributed by atoms with Gasteiger partial charge >= 0.3 is 0 Å². The number of aliphatic hydroxyl groups excluding tert-OH is 1. The number of ether oxygens (including phenoxy) is 1. The van der Waals surface area contributed by atoms with Gasteiger partial charge in [-0.05, 0) is 32.1 Å². The molecule has 0 aromatic carbocycles. The summed E-state index contributed by atoms with van der Waals surface area (Å²) in [5.41, 5.74) is 0. The Morgan fingerprint density at radius 3 is 2.39 bits per heavy atom. The average Bonchev–Trinajstić information content (AvgIpc) is 2.44. The highest BCUT2D eigenvalue weighted by Crippen LogP contribution is 2.40. The molecule has 0 bridgehead atoms. The van der Waals surface area contributed by atoms with Crippen molar-refractivity contribution >= 4 is 5.78 Å². The van der Waals surface area contributed by atoms with E-state index < -0.39 is 0 Å². The van der Waals surface area contributed by atoms with Gasteiger partial charge in [-0.15, -0.1) is 0 Å². The first kappa shape index (κ1) is 12.1. The largest absolute Gasteiger partial charge is 0.502 e. The number of carbonyl (C=O) groups excluding carboxylic acids is 1. The molecule has 1 aliphatic heterocycles. The molecule has 1 heterocycles. The van der Waals surface area contributed by atoms with Crippen LogP contribution in [0.2, 0.25) is 0 Å². The zero-order valence-corrected chi connectivity index (χ0v) is 10.9. The van der Waals surface area contributed by atoms with Crippen LogP contribution in [0.3, 0.4) is 0 Å². The molecule has 2 saturated carbocycles. The van der Waals surface area contributed by atoms with Crippen molar-refractivity contribution in [3.8, 4) is 0 Å². The maximum Gasteiger partial charge on any atom is 0.207 e. The second-order valence-electron chi connectivity index (χ2n) is 5.96. The van der Waals surface area contributed by atoms with Crippen LogP contribution in [-0.2, 0) is 9.53 Å². The van der Waals surface area contributed by atoms with E-state index in [0.29, 0.717) is 5.76 Å². The lowest BCUT2D eigenvalue weighted by atomic mass is 9.79. The summed E-state index contributed by atoms with van der Waals surface area (Å²) in [4.78, 5) is 12.2. The summed E-state index contributed by atoms with van der Waals surface area (Å²) in [6, 6.07) is 0. The predicted octanol–water partition coefficient (Wildman–Crippen LogP) is 3.49. The van der Waals surface area contributed by atoms with Gasteiger partial charge < -0.3 is 9.84 Å². The Kier molecular flexibility index (Phi) is 3.31. The Labute approximate surface area is 108 Å². The quantitative estimate of drug-likeness (QED) is 0.774. The fourth-order valence-corrected chi connectivity index (χ4v) is 3.71. The highest BCUT2D eigenvalue weighted by Gasteiger charge is 2.42. The molecular weight excluding hydrogens is 228 g/mol. The third-order valence-corrected chi connectivity index (χ3v) is 4.76. The first-order chi connectivity index (χ1) is 8.77. The molecular formula is C15H22O3. The van der Waals surface area contributed by atoms with Gasteiger partial charge in [0, 0.05) is 5.92 Å². The number of hydrogen-bond acceptors (Lipinski definition) is 3. The fourth-order valence-electron chi connectivity index (χ4n) is 3.71. The number of carbonyl (C=O) groups is 1. The van der Waals surface area contributed by atoms with Crippen molar-refractivity contribution < 1.29 is 14.6 Å². The Balaban J connectivity index is 1.83. The predicted molar refractivity (Wildman–Crippen MR) is 68.1 cm³/mol. The molecule has 3 rings (SSSR count). The zero-order valence-electron chi connectivity index (χ0n) is 10.9. The first-order valence-corrected chi connectivity index (χ1v) is 7.41. The van der Waals surface area contributed by atoms with E-state index in [1.807, 2.05) is 0 Å². The summed E-state index contributed by atoms with van der Waals surface area (Å²) < 4.78 is 6.02. The summed E-state index contributed by atoms with van der Waals surface area (Å²) in [6.45, 7) is 0. The minimum atomic E-state index is -0.0777. The van der Waals surface area contributed by atoms with Crippen LogP contribution in [0.1, 0.15) is 57.8 Å². The van der Waals surface area contributed by atoms with Gasteiger partial charge in [0.25, 0.3) is 0 Å². The first-order valence-electron chi connectivity index (χ1n) is 7.41. The number of allylic oxidation sites excluding steroid dienone is 2. The van der Waals surface area contributed by atoms with Crippen molar-refractivity contribution in [3.05, 3.63) is 11.5 Å². The van der Waals surface area contributed by atoms with E-state index >= 15 is 0 Å². The van der Waals surface area contributed by atoms with E-state index in [1.165, 1.54) is 19.3 Å².